The largest absolute Gasteiger partial charge is 0.425 e. The van der Waals surface area contributed by atoms with Gasteiger partial charge in [-0.25, -0.2) is 4.79 Å². The van der Waals surface area contributed by atoms with E-state index >= 15 is 0 Å². The Morgan fingerprint density at radius 2 is 2.00 bits per heavy atom. The number of amides is 1. The number of hydrogen-bond donors (Lipinski definition) is 0. The minimum atomic E-state index is -0.431. The minimum Gasteiger partial charge on any atom is -0.425 e. The van der Waals surface area contributed by atoms with Crippen molar-refractivity contribution in [2.24, 2.45) is 0 Å². The molecule has 120 valence electrons. The molecule has 1 aliphatic heterocycles. The number of aryl methyl sites for hydroxylation is 2. The molecule has 0 N–H and O–H groups in total. The van der Waals surface area contributed by atoms with Crippen molar-refractivity contribution in [2.45, 2.75) is 59.4 Å². The fourth-order valence-corrected chi connectivity index (χ4v) is 2.95. The number of benzene rings is 1. The van der Waals surface area contributed by atoms with Crippen molar-refractivity contribution in [1.29, 1.82) is 0 Å². The van der Waals surface area contributed by atoms with Crippen molar-refractivity contribution in [3.8, 4) is 5.75 Å². The molecule has 0 saturated carbocycles. The van der Waals surface area contributed by atoms with Gasteiger partial charge in [-0.05, 0) is 62.8 Å². The molecule has 0 aliphatic carbocycles. The zero-order valence-electron chi connectivity index (χ0n) is 13.9. The van der Waals surface area contributed by atoms with Crippen LogP contribution in [0.3, 0.4) is 0 Å². The molecule has 1 heterocycles. The van der Waals surface area contributed by atoms with Crippen molar-refractivity contribution in [1.82, 2.24) is 4.90 Å². The van der Waals surface area contributed by atoms with E-state index in [-0.39, 0.29) is 11.9 Å². The quantitative estimate of drug-likeness (QED) is 0.633. The van der Waals surface area contributed by atoms with E-state index in [9.17, 15) is 9.59 Å². The lowest BCUT2D eigenvalue weighted by Crippen LogP contribution is -2.42. The number of rotatable bonds is 4. The maximum atomic E-state index is 12.5. The third-order valence-electron chi connectivity index (χ3n) is 4.28. The van der Waals surface area contributed by atoms with Crippen LogP contribution in [-0.2, 0) is 9.59 Å². The third kappa shape index (κ3) is 3.49. The van der Waals surface area contributed by atoms with Crippen LogP contribution in [0.5, 0.6) is 5.75 Å². The van der Waals surface area contributed by atoms with Crippen LogP contribution in [0.15, 0.2) is 12.1 Å². The topological polar surface area (TPSA) is 46.6 Å². The fraction of sp³-hybridized carbons (Fsp3) is 0.556. The van der Waals surface area contributed by atoms with Crippen molar-refractivity contribution in [3.63, 3.8) is 0 Å². The van der Waals surface area contributed by atoms with Gasteiger partial charge in [-0.2, -0.15) is 0 Å². The molecule has 1 amide bonds. The van der Waals surface area contributed by atoms with Crippen LogP contribution >= 0.6 is 0 Å². The summed E-state index contributed by atoms with van der Waals surface area (Å²) in [5.74, 6) is 0.353. The number of hydrogen-bond acceptors (Lipinski definition) is 3. The molecule has 1 atom stereocenters. The molecule has 1 aliphatic rings. The van der Waals surface area contributed by atoms with Gasteiger partial charge in [0.05, 0.1) is 0 Å². The highest BCUT2D eigenvalue weighted by molar-refractivity contribution is 5.86. The Morgan fingerprint density at radius 1 is 1.27 bits per heavy atom. The predicted octanol–water partition coefficient (Wildman–Crippen LogP) is 3.31. The van der Waals surface area contributed by atoms with Crippen molar-refractivity contribution >= 4 is 11.9 Å². The van der Waals surface area contributed by atoms with Crippen molar-refractivity contribution in [3.05, 3.63) is 28.8 Å². The first-order chi connectivity index (χ1) is 10.4. The van der Waals surface area contributed by atoms with E-state index in [4.69, 9.17) is 4.74 Å². The maximum absolute atomic E-state index is 12.5. The second-order valence-corrected chi connectivity index (χ2v) is 6.12. The van der Waals surface area contributed by atoms with Gasteiger partial charge < -0.3 is 9.64 Å². The number of nitrogens with zero attached hydrogens (tertiary/aromatic N) is 1. The smallest absolute Gasteiger partial charge is 0.334 e. The fourth-order valence-electron chi connectivity index (χ4n) is 2.95. The Kier molecular flexibility index (Phi) is 5.22. The Balaban J connectivity index is 2.13. The predicted molar refractivity (Wildman–Crippen MR) is 85.9 cm³/mol. The Labute approximate surface area is 132 Å². The summed E-state index contributed by atoms with van der Waals surface area (Å²) in [6.07, 6.45) is 2.85. The van der Waals surface area contributed by atoms with Crippen LogP contribution in [-0.4, -0.2) is 29.4 Å². The van der Waals surface area contributed by atoms with Crippen molar-refractivity contribution in [2.75, 3.05) is 6.54 Å². The lowest BCUT2D eigenvalue weighted by atomic mass is 10.1. The molecule has 0 radical (unpaired) electrons. The molecular weight excluding hydrogens is 278 g/mol. The second-order valence-electron chi connectivity index (χ2n) is 6.12. The normalized spacial score (nSPS) is 17.6. The summed E-state index contributed by atoms with van der Waals surface area (Å²) in [5, 5.41) is 0. The van der Waals surface area contributed by atoms with Gasteiger partial charge in [-0.1, -0.05) is 13.0 Å². The van der Waals surface area contributed by atoms with Gasteiger partial charge in [-0.15, -0.1) is 0 Å². The molecule has 4 heteroatoms. The summed E-state index contributed by atoms with van der Waals surface area (Å²) in [6.45, 7) is 8.57. The highest BCUT2D eigenvalue weighted by atomic mass is 16.5. The average Bonchev–Trinajstić information content (AvgIpc) is 2.94. The van der Waals surface area contributed by atoms with E-state index in [0.717, 1.165) is 29.5 Å². The SMILES string of the molecule is CCCC(=O)N1CCCC1C(=O)Oc1cc(C)cc(C)c1C. The highest BCUT2D eigenvalue weighted by Gasteiger charge is 2.35. The first kappa shape index (κ1) is 16.5. The molecule has 1 saturated heterocycles. The molecule has 2 rings (SSSR count). The Hall–Kier alpha value is -1.84. The first-order valence-corrected chi connectivity index (χ1v) is 8.03. The first-order valence-electron chi connectivity index (χ1n) is 8.03. The lowest BCUT2D eigenvalue weighted by Gasteiger charge is -2.23. The van der Waals surface area contributed by atoms with E-state index < -0.39 is 6.04 Å². The van der Waals surface area contributed by atoms with E-state index in [1.165, 1.54) is 0 Å². The zero-order valence-corrected chi connectivity index (χ0v) is 13.9. The lowest BCUT2D eigenvalue weighted by molar-refractivity contribution is -0.146. The third-order valence-corrected chi connectivity index (χ3v) is 4.28. The molecular formula is C18H25NO3. The van der Waals surface area contributed by atoms with Crippen LogP contribution in [0.1, 0.15) is 49.3 Å². The van der Waals surface area contributed by atoms with E-state index in [0.29, 0.717) is 25.1 Å². The average molecular weight is 303 g/mol. The molecule has 1 aromatic carbocycles. The van der Waals surface area contributed by atoms with Crippen LogP contribution < -0.4 is 4.74 Å². The Bertz CT molecular complexity index is 580. The maximum Gasteiger partial charge on any atom is 0.334 e. The summed E-state index contributed by atoms with van der Waals surface area (Å²) < 4.78 is 5.62. The van der Waals surface area contributed by atoms with Gasteiger partial charge in [0, 0.05) is 13.0 Å². The van der Waals surface area contributed by atoms with E-state index in [1.54, 1.807) is 4.90 Å². The standard InChI is InChI=1S/C18H25NO3/c1-5-7-17(20)19-9-6-8-15(19)18(21)22-16-11-12(2)10-13(3)14(16)4/h10-11,15H,5-9H2,1-4H3. The van der Waals surface area contributed by atoms with Gasteiger partial charge in [0.15, 0.2) is 0 Å². The zero-order chi connectivity index (χ0) is 16.3. The minimum absolute atomic E-state index is 0.0547. The number of esters is 1. The van der Waals surface area contributed by atoms with E-state index in [2.05, 4.69) is 6.07 Å². The summed E-state index contributed by atoms with van der Waals surface area (Å²) >= 11 is 0. The van der Waals surface area contributed by atoms with Gasteiger partial charge in [0.25, 0.3) is 0 Å². The monoisotopic (exact) mass is 303 g/mol. The molecule has 22 heavy (non-hydrogen) atoms. The van der Waals surface area contributed by atoms with Crippen LogP contribution in [0.4, 0.5) is 0 Å². The second kappa shape index (κ2) is 6.95. The molecule has 0 aromatic heterocycles. The number of ether oxygens (including phenoxy) is 1. The molecule has 4 nitrogen and oxygen atoms in total. The van der Waals surface area contributed by atoms with Crippen LogP contribution in [0.25, 0.3) is 0 Å². The number of carbonyl (C=O) groups excluding carboxylic acids is 2. The molecule has 1 aromatic rings. The van der Waals surface area contributed by atoms with Gasteiger partial charge >= 0.3 is 5.97 Å². The summed E-state index contributed by atoms with van der Waals surface area (Å²) in [7, 11) is 0. The summed E-state index contributed by atoms with van der Waals surface area (Å²) in [6, 6.07) is 3.52. The highest BCUT2D eigenvalue weighted by Crippen LogP contribution is 2.26. The van der Waals surface area contributed by atoms with Gasteiger partial charge in [0.2, 0.25) is 5.91 Å². The van der Waals surface area contributed by atoms with Gasteiger partial charge in [-0.3, -0.25) is 4.79 Å². The molecule has 0 spiro atoms. The molecule has 1 unspecified atom stereocenters. The number of likely N-dealkylation sites (tertiary alicyclic amines) is 1. The van der Waals surface area contributed by atoms with Crippen LogP contribution in [0, 0.1) is 20.8 Å². The summed E-state index contributed by atoms with van der Waals surface area (Å²) in [4.78, 5) is 26.3. The Morgan fingerprint density at radius 3 is 2.68 bits per heavy atom. The van der Waals surface area contributed by atoms with Crippen molar-refractivity contribution < 1.29 is 14.3 Å². The van der Waals surface area contributed by atoms with Crippen LogP contribution in [0.2, 0.25) is 0 Å². The summed E-state index contributed by atoms with van der Waals surface area (Å²) in [5.41, 5.74) is 3.15. The van der Waals surface area contributed by atoms with Gasteiger partial charge in [0.1, 0.15) is 11.8 Å². The van der Waals surface area contributed by atoms with E-state index in [1.807, 2.05) is 33.8 Å². The number of carbonyl (C=O) groups is 2. The molecule has 0 bridgehead atoms. The molecule has 1 fully saturated rings.